The van der Waals surface area contributed by atoms with Crippen LogP contribution in [-0.2, 0) is 9.53 Å². The number of carbonyl (C=O) groups is 3. The van der Waals surface area contributed by atoms with Gasteiger partial charge in [0, 0.05) is 11.1 Å². The van der Waals surface area contributed by atoms with Gasteiger partial charge in [0.05, 0.1) is 12.2 Å². The van der Waals surface area contributed by atoms with E-state index in [1.54, 1.807) is 44.2 Å². The second kappa shape index (κ2) is 8.64. The normalized spacial score (nSPS) is 10.7. The molecule has 0 aliphatic rings. The highest BCUT2D eigenvalue weighted by Gasteiger charge is 2.24. The van der Waals surface area contributed by atoms with Gasteiger partial charge in [0.15, 0.2) is 0 Å². The zero-order chi connectivity index (χ0) is 19.3. The lowest BCUT2D eigenvalue weighted by Gasteiger charge is -2.02. The number of nitrogens with two attached hydrogens (primary N) is 1. The molecule has 0 unspecified atom stereocenters. The Morgan fingerprint density at radius 3 is 2.62 bits per heavy atom. The highest BCUT2D eigenvalue weighted by molar-refractivity contribution is 7.18. The van der Waals surface area contributed by atoms with Crippen molar-refractivity contribution < 1.29 is 19.1 Å². The van der Waals surface area contributed by atoms with Gasteiger partial charge >= 0.3 is 5.97 Å². The average Bonchev–Trinajstić information content (AvgIpc) is 2.90. The van der Waals surface area contributed by atoms with Crippen LogP contribution in [0.15, 0.2) is 30.3 Å². The number of ether oxygens (including phenoxy) is 1. The number of benzene rings is 1. The number of halogens is 1. The van der Waals surface area contributed by atoms with Crippen LogP contribution in [0.3, 0.4) is 0 Å². The SMILES string of the molecule is CCOC(=O)c1sc(NC(=O)/C=C/c2ccccc2Cl)c(C(N)=O)c1C. The van der Waals surface area contributed by atoms with Crippen molar-refractivity contribution >= 4 is 51.8 Å². The van der Waals surface area contributed by atoms with E-state index in [9.17, 15) is 14.4 Å². The molecular weight excluding hydrogens is 376 g/mol. The van der Waals surface area contributed by atoms with E-state index in [-0.39, 0.29) is 22.0 Å². The summed E-state index contributed by atoms with van der Waals surface area (Å²) in [4.78, 5) is 36.1. The maximum absolute atomic E-state index is 12.2. The lowest BCUT2D eigenvalue weighted by atomic mass is 10.1. The second-order valence-electron chi connectivity index (χ2n) is 5.19. The molecule has 0 aliphatic carbocycles. The van der Waals surface area contributed by atoms with E-state index in [2.05, 4.69) is 5.32 Å². The first-order valence-corrected chi connectivity index (χ1v) is 8.88. The molecule has 0 saturated carbocycles. The lowest BCUT2D eigenvalue weighted by molar-refractivity contribution is -0.111. The molecular formula is C18H17ClN2O4S. The van der Waals surface area contributed by atoms with Crippen molar-refractivity contribution in [3.05, 3.63) is 56.9 Å². The van der Waals surface area contributed by atoms with Crippen molar-refractivity contribution in [1.82, 2.24) is 0 Å². The Labute approximate surface area is 159 Å². The summed E-state index contributed by atoms with van der Waals surface area (Å²) in [6.45, 7) is 3.46. The number of esters is 1. The van der Waals surface area contributed by atoms with Crippen molar-refractivity contribution in [2.45, 2.75) is 13.8 Å². The summed E-state index contributed by atoms with van der Waals surface area (Å²) in [5.74, 6) is -1.78. The molecule has 2 amide bonds. The van der Waals surface area contributed by atoms with Gasteiger partial charge in [-0.25, -0.2) is 4.79 Å². The summed E-state index contributed by atoms with van der Waals surface area (Å²) in [6.07, 6.45) is 2.83. The molecule has 0 bridgehead atoms. The van der Waals surface area contributed by atoms with Gasteiger partial charge in [-0.2, -0.15) is 0 Å². The minimum atomic E-state index is -0.736. The number of hydrogen-bond donors (Lipinski definition) is 2. The Balaban J connectivity index is 2.26. The lowest BCUT2D eigenvalue weighted by Crippen LogP contribution is -2.16. The number of hydrogen-bond acceptors (Lipinski definition) is 5. The highest BCUT2D eigenvalue weighted by Crippen LogP contribution is 2.33. The third kappa shape index (κ3) is 4.50. The fourth-order valence-corrected chi connectivity index (χ4v) is 3.53. The first-order valence-electron chi connectivity index (χ1n) is 7.69. The van der Waals surface area contributed by atoms with E-state index >= 15 is 0 Å². The summed E-state index contributed by atoms with van der Waals surface area (Å²) >= 11 is 6.98. The van der Waals surface area contributed by atoms with Crippen LogP contribution in [0, 0.1) is 6.92 Å². The Hall–Kier alpha value is -2.64. The molecule has 0 spiro atoms. The van der Waals surface area contributed by atoms with Crippen LogP contribution in [0.25, 0.3) is 6.08 Å². The molecule has 2 rings (SSSR count). The zero-order valence-electron chi connectivity index (χ0n) is 14.2. The Morgan fingerprint density at radius 1 is 1.31 bits per heavy atom. The van der Waals surface area contributed by atoms with E-state index < -0.39 is 17.8 Å². The van der Waals surface area contributed by atoms with E-state index in [1.807, 2.05) is 0 Å². The third-order valence-corrected chi connectivity index (χ3v) is 4.94. The van der Waals surface area contributed by atoms with Crippen LogP contribution < -0.4 is 11.1 Å². The quantitative estimate of drug-likeness (QED) is 0.579. The smallest absolute Gasteiger partial charge is 0.348 e. The van der Waals surface area contributed by atoms with Crippen molar-refractivity contribution in [1.29, 1.82) is 0 Å². The van der Waals surface area contributed by atoms with Gasteiger partial charge in [0.2, 0.25) is 5.91 Å². The molecule has 0 atom stereocenters. The number of primary amides is 1. The summed E-state index contributed by atoms with van der Waals surface area (Å²) in [5.41, 5.74) is 6.54. The molecule has 136 valence electrons. The number of thiophene rings is 1. The molecule has 26 heavy (non-hydrogen) atoms. The fraction of sp³-hybridized carbons (Fsp3) is 0.167. The molecule has 1 heterocycles. The topological polar surface area (TPSA) is 98.5 Å². The van der Waals surface area contributed by atoms with Gasteiger partial charge in [-0.05, 0) is 37.1 Å². The number of anilines is 1. The van der Waals surface area contributed by atoms with Crippen molar-refractivity contribution in [2.75, 3.05) is 11.9 Å². The number of nitrogens with one attached hydrogen (secondary N) is 1. The van der Waals surface area contributed by atoms with E-state index in [4.69, 9.17) is 22.1 Å². The molecule has 1 aromatic heterocycles. The molecule has 0 radical (unpaired) electrons. The van der Waals surface area contributed by atoms with Crippen LogP contribution in [0.4, 0.5) is 5.00 Å². The Kier molecular flexibility index (Phi) is 6.54. The van der Waals surface area contributed by atoms with Crippen LogP contribution in [0.5, 0.6) is 0 Å². The number of carbonyl (C=O) groups excluding carboxylic acids is 3. The Morgan fingerprint density at radius 2 is 2.00 bits per heavy atom. The standard InChI is InChI=1S/C18H17ClN2O4S/c1-3-25-18(24)15-10(2)14(16(20)23)17(26-15)21-13(22)9-8-11-6-4-5-7-12(11)19/h4-9H,3H2,1-2H3,(H2,20,23)(H,21,22)/b9-8+. The molecule has 0 saturated heterocycles. The molecule has 1 aromatic carbocycles. The van der Waals surface area contributed by atoms with Crippen LogP contribution in [0.2, 0.25) is 5.02 Å². The van der Waals surface area contributed by atoms with Crippen LogP contribution >= 0.6 is 22.9 Å². The van der Waals surface area contributed by atoms with Crippen molar-refractivity contribution in [2.24, 2.45) is 5.73 Å². The number of rotatable bonds is 6. The van der Waals surface area contributed by atoms with Gasteiger partial charge < -0.3 is 15.8 Å². The summed E-state index contributed by atoms with van der Waals surface area (Å²) < 4.78 is 4.96. The van der Waals surface area contributed by atoms with Gasteiger partial charge in [0.25, 0.3) is 5.91 Å². The van der Waals surface area contributed by atoms with Gasteiger partial charge in [-0.3, -0.25) is 9.59 Å². The zero-order valence-corrected chi connectivity index (χ0v) is 15.7. The predicted molar refractivity (Wildman–Crippen MR) is 103 cm³/mol. The van der Waals surface area contributed by atoms with E-state index in [1.165, 1.54) is 6.08 Å². The molecule has 0 aliphatic heterocycles. The molecule has 3 N–H and O–H groups in total. The third-order valence-electron chi connectivity index (χ3n) is 3.41. The maximum atomic E-state index is 12.2. The highest BCUT2D eigenvalue weighted by atomic mass is 35.5. The minimum Gasteiger partial charge on any atom is -0.462 e. The first kappa shape index (κ1) is 19.7. The van der Waals surface area contributed by atoms with Crippen molar-refractivity contribution in [3.8, 4) is 0 Å². The average molecular weight is 393 g/mol. The number of amides is 2. The van der Waals surface area contributed by atoms with Gasteiger partial charge in [-0.1, -0.05) is 29.8 Å². The monoisotopic (exact) mass is 392 g/mol. The Bertz CT molecular complexity index is 889. The molecule has 6 nitrogen and oxygen atoms in total. The predicted octanol–water partition coefficient (Wildman–Crippen LogP) is 3.64. The second-order valence-corrected chi connectivity index (χ2v) is 6.62. The summed E-state index contributed by atoms with van der Waals surface area (Å²) in [7, 11) is 0. The minimum absolute atomic E-state index is 0.0950. The molecule has 8 heteroatoms. The van der Waals surface area contributed by atoms with Gasteiger partial charge in [-0.15, -0.1) is 11.3 Å². The fourth-order valence-electron chi connectivity index (χ4n) is 2.22. The molecule has 0 fully saturated rings. The van der Waals surface area contributed by atoms with E-state index in [0.29, 0.717) is 16.1 Å². The van der Waals surface area contributed by atoms with Gasteiger partial charge in [0.1, 0.15) is 9.88 Å². The largest absolute Gasteiger partial charge is 0.462 e. The van der Waals surface area contributed by atoms with Crippen LogP contribution in [0.1, 0.15) is 38.1 Å². The van der Waals surface area contributed by atoms with Crippen molar-refractivity contribution in [3.63, 3.8) is 0 Å². The summed E-state index contributed by atoms with van der Waals surface area (Å²) in [5, 5.41) is 3.29. The first-order chi connectivity index (χ1) is 12.3. The maximum Gasteiger partial charge on any atom is 0.348 e. The molecule has 2 aromatic rings. The van der Waals surface area contributed by atoms with E-state index in [0.717, 1.165) is 11.3 Å². The summed E-state index contributed by atoms with van der Waals surface area (Å²) in [6, 6.07) is 7.04. The van der Waals surface area contributed by atoms with Crippen LogP contribution in [-0.4, -0.2) is 24.4 Å².